The Morgan fingerprint density at radius 3 is 2.58 bits per heavy atom. The van der Waals surface area contributed by atoms with Crippen LogP contribution in [0, 0.1) is 0 Å². The fraction of sp³-hybridized carbons (Fsp3) is 0.222. The Kier molecular flexibility index (Phi) is 4.87. The van der Waals surface area contributed by atoms with E-state index in [0.717, 1.165) is 24.1 Å². The van der Waals surface area contributed by atoms with Gasteiger partial charge in [-0.15, -0.1) is 4.83 Å². The van der Waals surface area contributed by atoms with Crippen LogP contribution in [0.15, 0.2) is 59.5 Å². The van der Waals surface area contributed by atoms with Crippen LogP contribution in [-0.2, 0) is 16.4 Å². The highest BCUT2D eigenvalue weighted by molar-refractivity contribution is 7.89. The van der Waals surface area contributed by atoms with Crippen LogP contribution in [0.2, 0.25) is 0 Å². The summed E-state index contributed by atoms with van der Waals surface area (Å²) >= 11 is 0. The average molecular weight is 344 g/mol. The molecule has 6 heteroatoms. The predicted molar refractivity (Wildman–Crippen MR) is 93.8 cm³/mol. The number of rotatable bonds is 6. The van der Waals surface area contributed by atoms with Crippen LogP contribution in [0.5, 0.6) is 5.75 Å². The van der Waals surface area contributed by atoms with E-state index in [1.165, 1.54) is 17.7 Å². The van der Waals surface area contributed by atoms with Crippen LogP contribution in [0.25, 0.3) is 5.70 Å². The Balaban J connectivity index is 1.72. The van der Waals surface area contributed by atoms with Gasteiger partial charge in [0.25, 0.3) is 10.0 Å². The molecule has 2 N–H and O–H groups in total. The van der Waals surface area contributed by atoms with Gasteiger partial charge in [0, 0.05) is 5.56 Å². The molecule has 0 saturated carbocycles. The maximum absolute atomic E-state index is 12.4. The molecular weight excluding hydrogens is 324 g/mol. The van der Waals surface area contributed by atoms with E-state index >= 15 is 0 Å². The molecule has 0 bridgehead atoms. The van der Waals surface area contributed by atoms with Crippen molar-refractivity contribution < 1.29 is 13.2 Å². The van der Waals surface area contributed by atoms with E-state index in [1.54, 1.807) is 12.1 Å². The number of sulfonamides is 1. The molecule has 3 rings (SSSR count). The number of hydrogen-bond acceptors (Lipinski definition) is 4. The molecule has 24 heavy (non-hydrogen) atoms. The summed E-state index contributed by atoms with van der Waals surface area (Å²) in [7, 11) is -3.65. The Hall–Kier alpha value is -2.31. The molecule has 0 aliphatic heterocycles. The molecule has 0 atom stereocenters. The lowest BCUT2D eigenvalue weighted by Gasteiger charge is -2.19. The van der Waals surface area contributed by atoms with Gasteiger partial charge in [-0.3, -0.25) is 0 Å². The monoisotopic (exact) mass is 344 g/mol. The number of allylic oxidation sites excluding steroid dienone is 1. The fourth-order valence-corrected chi connectivity index (χ4v) is 3.52. The summed E-state index contributed by atoms with van der Waals surface area (Å²) in [6, 6.07) is 14.3. The molecule has 126 valence electrons. The van der Waals surface area contributed by atoms with Crippen molar-refractivity contribution in [2.24, 2.45) is 0 Å². The molecule has 0 fully saturated rings. The third-order valence-electron chi connectivity index (χ3n) is 3.83. The summed E-state index contributed by atoms with van der Waals surface area (Å²) in [5.41, 5.74) is 5.87. The van der Waals surface area contributed by atoms with Gasteiger partial charge in [0.1, 0.15) is 5.75 Å². The molecule has 1 aliphatic carbocycles. The maximum Gasteiger partial charge on any atom is 0.257 e. The molecule has 0 radical (unpaired) electrons. The first-order valence-electron chi connectivity index (χ1n) is 7.89. The van der Waals surface area contributed by atoms with E-state index < -0.39 is 10.0 Å². The van der Waals surface area contributed by atoms with Crippen molar-refractivity contribution in [2.45, 2.75) is 24.7 Å². The standard InChI is InChI=1S/C18H20N2O3S/c1-2-23-15-10-12-16(13-11-15)24(21,22)20-19-18-9-5-7-14-6-3-4-8-17(14)18/h3-4,6,8-13,19-20H,2,5,7H2,1H3. The van der Waals surface area contributed by atoms with Crippen molar-refractivity contribution in [1.29, 1.82) is 0 Å². The summed E-state index contributed by atoms with van der Waals surface area (Å²) in [6.07, 6.45) is 3.85. The number of benzene rings is 2. The Morgan fingerprint density at radius 2 is 1.83 bits per heavy atom. The summed E-state index contributed by atoms with van der Waals surface area (Å²) < 4.78 is 30.2. The number of fused-ring (bicyclic) bond motifs is 1. The van der Waals surface area contributed by atoms with Crippen molar-refractivity contribution in [3.05, 3.63) is 65.7 Å². The third kappa shape index (κ3) is 3.60. The van der Waals surface area contributed by atoms with E-state index in [2.05, 4.69) is 16.3 Å². The SMILES string of the molecule is CCOc1ccc(S(=O)(=O)NNC2=CCCc3ccccc32)cc1. The van der Waals surface area contributed by atoms with Crippen LogP contribution in [0.1, 0.15) is 24.5 Å². The topological polar surface area (TPSA) is 67.4 Å². The largest absolute Gasteiger partial charge is 0.494 e. The minimum atomic E-state index is -3.65. The highest BCUT2D eigenvalue weighted by Gasteiger charge is 2.17. The van der Waals surface area contributed by atoms with Crippen LogP contribution < -0.4 is 15.0 Å². The minimum Gasteiger partial charge on any atom is -0.494 e. The number of aryl methyl sites for hydroxylation is 1. The van der Waals surface area contributed by atoms with Gasteiger partial charge in [-0.1, -0.05) is 30.3 Å². The molecule has 0 spiro atoms. The molecule has 2 aromatic rings. The zero-order chi connectivity index (χ0) is 17.0. The van der Waals surface area contributed by atoms with E-state index in [0.29, 0.717) is 12.4 Å². The highest BCUT2D eigenvalue weighted by Crippen LogP contribution is 2.24. The lowest BCUT2D eigenvalue weighted by molar-refractivity contribution is 0.340. The molecular formula is C18H20N2O3S. The molecule has 0 heterocycles. The van der Waals surface area contributed by atoms with Gasteiger partial charge in [-0.05, 0) is 49.6 Å². The fourth-order valence-electron chi connectivity index (χ4n) is 2.66. The molecule has 0 aromatic heterocycles. The van der Waals surface area contributed by atoms with E-state index in [4.69, 9.17) is 4.74 Å². The zero-order valence-corrected chi connectivity index (χ0v) is 14.3. The molecule has 1 aliphatic rings. The summed E-state index contributed by atoms with van der Waals surface area (Å²) in [4.78, 5) is 2.63. The van der Waals surface area contributed by atoms with Crippen LogP contribution in [-0.4, -0.2) is 15.0 Å². The number of nitrogens with one attached hydrogen (secondary N) is 2. The number of hydrazine groups is 1. The van der Waals surface area contributed by atoms with Crippen molar-refractivity contribution in [1.82, 2.24) is 10.3 Å². The van der Waals surface area contributed by atoms with Crippen LogP contribution >= 0.6 is 0 Å². The van der Waals surface area contributed by atoms with Gasteiger partial charge in [-0.25, -0.2) is 8.42 Å². The number of hydrogen-bond donors (Lipinski definition) is 2. The first-order valence-corrected chi connectivity index (χ1v) is 9.37. The third-order valence-corrected chi connectivity index (χ3v) is 5.10. The van der Waals surface area contributed by atoms with Gasteiger partial charge in [0.05, 0.1) is 17.2 Å². The Bertz CT molecular complexity index is 843. The van der Waals surface area contributed by atoms with Crippen LogP contribution in [0.3, 0.4) is 0 Å². The molecule has 0 saturated heterocycles. The Morgan fingerprint density at radius 1 is 1.08 bits per heavy atom. The van der Waals surface area contributed by atoms with Crippen molar-refractivity contribution >= 4 is 15.7 Å². The van der Waals surface area contributed by atoms with E-state index in [1.807, 2.05) is 31.2 Å². The van der Waals surface area contributed by atoms with Crippen molar-refractivity contribution in [3.8, 4) is 5.75 Å². The number of ether oxygens (including phenoxy) is 1. The second kappa shape index (κ2) is 7.07. The molecule has 0 unspecified atom stereocenters. The predicted octanol–water partition coefficient (Wildman–Crippen LogP) is 2.86. The summed E-state index contributed by atoms with van der Waals surface area (Å²) in [5, 5.41) is 0. The van der Waals surface area contributed by atoms with Crippen LogP contribution in [0.4, 0.5) is 0 Å². The molecule has 0 amide bonds. The van der Waals surface area contributed by atoms with Gasteiger partial charge < -0.3 is 10.2 Å². The molecule has 5 nitrogen and oxygen atoms in total. The smallest absolute Gasteiger partial charge is 0.257 e. The lowest BCUT2D eigenvalue weighted by atomic mass is 9.95. The second-order valence-corrected chi connectivity index (χ2v) is 7.13. The summed E-state index contributed by atoms with van der Waals surface area (Å²) in [5.74, 6) is 0.647. The summed E-state index contributed by atoms with van der Waals surface area (Å²) in [6.45, 7) is 2.42. The van der Waals surface area contributed by atoms with Crippen molar-refractivity contribution in [2.75, 3.05) is 6.61 Å². The van der Waals surface area contributed by atoms with E-state index in [9.17, 15) is 8.42 Å². The van der Waals surface area contributed by atoms with E-state index in [-0.39, 0.29) is 4.90 Å². The Labute approximate surface area is 142 Å². The van der Waals surface area contributed by atoms with Gasteiger partial charge in [-0.2, -0.15) is 0 Å². The van der Waals surface area contributed by atoms with Gasteiger partial charge in [0.15, 0.2) is 0 Å². The lowest BCUT2D eigenvalue weighted by Crippen LogP contribution is -2.36. The minimum absolute atomic E-state index is 0.183. The quantitative estimate of drug-likeness (QED) is 0.791. The highest BCUT2D eigenvalue weighted by atomic mass is 32.2. The maximum atomic E-state index is 12.4. The van der Waals surface area contributed by atoms with Gasteiger partial charge in [0.2, 0.25) is 0 Å². The first-order chi connectivity index (χ1) is 11.6. The average Bonchev–Trinajstić information content (AvgIpc) is 2.61. The van der Waals surface area contributed by atoms with Crippen molar-refractivity contribution in [3.63, 3.8) is 0 Å². The second-order valence-electron chi connectivity index (χ2n) is 5.45. The first kappa shape index (κ1) is 16.5. The normalized spacial score (nSPS) is 13.8. The molecule has 2 aromatic carbocycles. The van der Waals surface area contributed by atoms with Gasteiger partial charge >= 0.3 is 0 Å². The zero-order valence-electron chi connectivity index (χ0n) is 13.5.